The van der Waals surface area contributed by atoms with Crippen LogP contribution >= 0.6 is 0 Å². The fourth-order valence-electron chi connectivity index (χ4n) is 13.0. The van der Waals surface area contributed by atoms with E-state index < -0.39 is 0 Å². The lowest BCUT2D eigenvalue weighted by molar-refractivity contribution is 0.428. The fraction of sp³-hybridized carbons (Fsp3) is 0.284. The normalized spacial score (nSPS) is 18.1. The minimum atomic E-state index is -0.117. The number of hydrogen-bond acceptors (Lipinski definition) is 2. The van der Waals surface area contributed by atoms with Gasteiger partial charge >= 0.3 is 0 Å². The highest BCUT2D eigenvalue weighted by atomic mass is 15.1. The van der Waals surface area contributed by atoms with Gasteiger partial charge in [-0.1, -0.05) is 135 Å². The van der Waals surface area contributed by atoms with Crippen molar-refractivity contribution < 1.29 is 0 Å². The number of anilines is 6. The Bertz CT molecular complexity index is 3020. The molecule has 0 spiro atoms. The molecule has 2 nitrogen and oxygen atoms in total. The minimum absolute atomic E-state index is 0.0151. The molecule has 0 radical (unpaired) electrons. The van der Waals surface area contributed by atoms with Crippen molar-refractivity contribution in [1.29, 1.82) is 0 Å². The maximum atomic E-state index is 2.65. The van der Waals surface area contributed by atoms with E-state index in [1.54, 1.807) is 0 Å². The van der Waals surface area contributed by atoms with Gasteiger partial charge in [0, 0.05) is 50.4 Å². The van der Waals surface area contributed by atoms with Crippen molar-refractivity contribution in [2.24, 2.45) is 0 Å². The monoisotopic (exact) mass is 901 g/mol. The van der Waals surface area contributed by atoms with E-state index in [0.717, 1.165) is 25.7 Å². The molecule has 69 heavy (non-hydrogen) atoms. The van der Waals surface area contributed by atoms with Crippen LogP contribution in [0.25, 0.3) is 11.1 Å². The third-order valence-corrected chi connectivity index (χ3v) is 17.1. The van der Waals surface area contributed by atoms with Gasteiger partial charge in [0.1, 0.15) is 0 Å². The molecule has 3 aliphatic carbocycles. The first-order chi connectivity index (χ1) is 33.1. The van der Waals surface area contributed by atoms with Crippen molar-refractivity contribution in [1.82, 2.24) is 0 Å². The lowest BCUT2D eigenvalue weighted by Crippen LogP contribution is -2.41. The largest absolute Gasteiger partial charge is 0.310 e. The highest BCUT2D eigenvalue weighted by Gasteiger charge is 2.50. The molecule has 11 rings (SSSR count). The van der Waals surface area contributed by atoms with Gasteiger partial charge < -0.3 is 9.80 Å². The van der Waals surface area contributed by atoms with E-state index in [1.807, 2.05) is 0 Å². The van der Waals surface area contributed by atoms with Gasteiger partial charge in [-0.3, -0.25) is 0 Å². The summed E-state index contributed by atoms with van der Waals surface area (Å²) in [7, 11) is 0. The Kier molecular flexibility index (Phi) is 10.5. The molecule has 2 unspecified atom stereocenters. The van der Waals surface area contributed by atoms with E-state index in [4.69, 9.17) is 0 Å². The molecule has 0 saturated heterocycles. The van der Waals surface area contributed by atoms with Crippen molar-refractivity contribution in [2.45, 2.75) is 125 Å². The van der Waals surface area contributed by atoms with Crippen LogP contribution in [0.15, 0.2) is 146 Å². The van der Waals surface area contributed by atoms with Crippen LogP contribution < -0.4 is 9.80 Å². The quantitative estimate of drug-likeness (QED) is 0.135. The first-order valence-corrected chi connectivity index (χ1v) is 25.5. The molecule has 0 aromatic heterocycles. The standard InChI is InChI=1S/C67H68N2/c1-13-66(57-31-47(9)63(33-45(57)7)68(51-23-15-41(3)16-24-51)52-25-17-42(4)18-26-52)39-49-35-55-56-36-50-40-67(14-2,60(50)38-62(56)65(11,12)61(55)37-59(49)66)58-32-48(10)64(34-46(58)8)69(53-27-19-43(5)20-28-53)54-29-21-44(6)22-30-54/h15-38H,13-14,39-40H2,1-12H3. The van der Waals surface area contributed by atoms with E-state index in [2.05, 4.69) is 238 Å². The van der Waals surface area contributed by atoms with Crippen LogP contribution in [0.1, 0.15) is 130 Å². The highest BCUT2D eigenvalue weighted by Crippen LogP contribution is 2.60. The van der Waals surface area contributed by atoms with E-state index >= 15 is 0 Å². The molecule has 3 aliphatic rings. The number of rotatable bonds is 10. The van der Waals surface area contributed by atoms with E-state index in [-0.39, 0.29) is 16.2 Å². The summed E-state index contributed by atoms with van der Waals surface area (Å²) >= 11 is 0. The molecule has 346 valence electrons. The highest BCUT2D eigenvalue weighted by molar-refractivity contribution is 5.86. The Morgan fingerprint density at radius 1 is 0.348 bits per heavy atom. The third kappa shape index (κ3) is 6.87. The third-order valence-electron chi connectivity index (χ3n) is 17.1. The molecule has 0 N–H and O–H groups in total. The fourth-order valence-corrected chi connectivity index (χ4v) is 13.0. The summed E-state index contributed by atoms with van der Waals surface area (Å²) in [5.74, 6) is 0. The number of aryl methyl sites for hydroxylation is 8. The molecular formula is C67H68N2. The Hall–Kier alpha value is -6.64. The average Bonchev–Trinajstić information content (AvgIpc) is 3.53. The van der Waals surface area contributed by atoms with Gasteiger partial charge in [0.05, 0.1) is 0 Å². The number of fused-ring (bicyclic) bond motifs is 5. The summed E-state index contributed by atoms with van der Waals surface area (Å²) in [6, 6.07) is 56.4. The van der Waals surface area contributed by atoms with Crippen LogP contribution in [0.3, 0.4) is 0 Å². The molecule has 0 fully saturated rings. The summed E-state index contributed by atoms with van der Waals surface area (Å²) in [6.07, 6.45) is 4.30. The Balaban J connectivity index is 0.945. The van der Waals surface area contributed by atoms with Gasteiger partial charge in [0.2, 0.25) is 0 Å². The lowest BCUT2D eigenvalue weighted by atomic mass is 9.57. The van der Waals surface area contributed by atoms with Gasteiger partial charge in [-0.05, 0) is 220 Å². The van der Waals surface area contributed by atoms with Crippen LogP contribution in [0.4, 0.5) is 34.1 Å². The lowest BCUT2D eigenvalue weighted by Gasteiger charge is -2.46. The molecule has 0 amide bonds. The van der Waals surface area contributed by atoms with Gasteiger partial charge in [-0.25, -0.2) is 0 Å². The zero-order chi connectivity index (χ0) is 48.3. The zero-order valence-electron chi connectivity index (χ0n) is 43.1. The molecule has 2 heteroatoms. The van der Waals surface area contributed by atoms with Crippen molar-refractivity contribution in [3.05, 3.63) is 235 Å². The van der Waals surface area contributed by atoms with E-state index in [9.17, 15) is 0 Å². The Morgan fingerprint density at radius 2 is 0.652 bits per heavy atom. The average molecular weight is 901 g/mol. The minimum Gasteiger partial charge on any atom is -0.310 e. The first-order valence-electron chi connectivity index (χ1n) is 25.5. The van der Waals surface area contributed by atoms with Crippen LogP contribution in [-0.4, -0.2) is 0 Å². The summed E-state index contributed by atoms with van der Waals surface area (Å²) in [6.45, 7) is 27.8. The number of nitrogens with zero attached hydrogens (tertiary/aromatic N) is 2. The summed E-state index contributed by atoms with van der Waals surface area (Å²) < 4.78 is 0. The molecular weight excluding hydrogens is 833 g/mol. The van der Waals surface area contributed by atoms with Crippen LogP contribution in [0, 0.1) is 55.4 Å². The summed E-state index contributed by atoms with van der Waals surface area (Å²) in [4.78, 5) is 4.88. The molecule has 0 bridgehead atoms. The second kappa shape index (κ2) is 16.2. The van der Waals surface area contributed by atoms with Crippen LogP contribution in [0.2, 0.25) is 0 Å². The summed E-state index contributed by atoms with van der Waals surface area (Å²) in [5.41, 5.74) is 32.4. The van der Waals surface area contributed by atoms with Crippen molar-refractivity contribution in [2.75, 3.05) is 9.80 Å². The molecule has 0 heterocycles. The van der Waals surface area contributed by atoms with Crippen LogP contribution in [-0.2, 0) is 29.1 Å². The Morgan fingerprint density at radius 3 is 0.942 bits per heavy atom. The predicted molar refractivity (Wildman–Crippen MR) is 294 cm³/mol. The maximum Gasteiger partial charge on any atom is 0.0493 e. The first kappa shape index (κ1) is 44.8. The molecule has 0 saturated carbocycles. The van der Waals surface area contributed by atoms with E-state index in [1.165, 1.54) is 134 Å². The van der Waals surface area contributed by atoms with Gasteiger partial charge in [-0.2, -0.15) is 0 Å². The Labute approximate surface area is 412 Å². The number of hydrogen-bond donors (Lipinski definition) is 0. The van der Waals surface area contributed by atoms with Crippen molar-refractivity contribution in [3.63, 3.8) is 0 Å². The number of benzene rings is 8. The second-order valence-corrected chi connectivity index (χ2v) is 21.9. The maximum absolute atomic E-state index is 2.65. The van der Waals surface area contributed by atoms with Crippen LogP contribution in [0.5, 0.6) is 0 Å². The molecule has 8 aromatic rings. The van der Waals surface area contributed by atoms with Crippen molar-refractivity contribution >= 4 is 34.1 Å². The topological polar surface area (TPSA) is 6.48 Å². The molecule has 0 aliphatic heterocycles. The van der Waals surface area contributed by atoms with Gasteiger partial charge in [-0.15, -0.1) is 0 Å². The van der Waals surface area contributed by atoms with Gasteiger partial charge in [0.15, 0.2) is 0 Å². The zero-order valence-corrected chi connectivity index (χ0v) is 43.1. The smallest absolute Gasteiger partial charge is 0.0493 e. The second-order valence-electron chi connectivity index (χ2n) is 21.9. The predicted octanol–water partition coefficient (Wildman–Crippen LogP) is 17.9. The van der Waals surface area contributed by atoms with E-state index in [0.29, 0.717) is 0 Å². The van der Waals surface area contributed by atoms with Crippen molar-refractivity contribution in [3.8, 4) is 11.1 Å². The SMILES string of the molecule is CCC1(c2cc(C)c(N(c3ccc(C)cc3)c3ccc(C)cc3)cc2C)Cc2cc3c(cc21)C(C)(C)c1cc2c(cc1-3)CC2(CC)c1cc(C)c(N(c2ccc(C)cc2)c2ccc(C)cc2)cc1C. The summed E-state index contributed by atoms with van der Waals surface area (Å²) in [5, 5.41) is 0. The van der Waals surface area contributed by atoms with Gasteiger partial charge in [0.25, 0.3) is 0 Å². The molecule has 8 aromatic carbocycles. The molecule has 2 atom stereocenters.